The molecule has 0 radical (unpaired) electrons. The molecule has 0 saturated heterocycles. The third kappa shape index (κ3) is 3.42. The molecule has 1 amide bonds. The van der Waals surface area contributed by atoms with Crippen LogP contribution < -0.4 is 11.2 Å². The van der Waals surface area contributed by atoms with E-state index >= 15 is 0 Å². The van der Waals surface area contributed by atoms with Gasteiger partial charge < -0.3 is 10.5 Å². The molecule has 0 bridgehead atoms. The summed E-state index contributed by atoms with van der Waals surface area (Å²) in [5.74, 6) is -0.418. The van der Waals surface area contributed by atoms with E-state index in [9.17, 15) is 4.79 Å². The molecule has 0 atom stereocenters. The van der Waals surface area contributed by atoms with E-state index in [1.54, 1.807) is 6.92 Å². The smallest absolute Gasteiger partial charge is 0.293 e. The highest BCUT2D eigenvalue weighted by Crippen LogP contribution is 2.16. The van der Waals surface area contributed by atoms with E-state index < -0.39 is 5.91 Å². The Morgan fingerprint density at radius 3 is 2.77 bits per heavy atom. The molecule has 11 nitrogen and oxygen atoms in total. The largest absolute Gasteiger partial charge is 0.378 e. The Bertz CT molecular complexity index is 932. The molecule has 3 rings (SSSR count). The van der Waals surface area contributed by atoms with E-state index in [4.69, 9.17) is 10.5 Å². The predicted octanol–water partition coefficient (Wildman–Crippen LogP) is 0.533. The number of ether oxygens (including phenoxy) is 1. The number of hydrogen-bond acceptors (Lipinski definition) is 9. The zero-order valence-electron chi connectivity index (χ0n) is 14.1. The minimum Gasteiger partial charge on any atom is -0.378 e. The van der Waals surface area contributed by atoms with Gasteiger partial charge in [-0.25, -0.2) is 10.1 Å². The molecule has 11 heteroatoms. The molecule has 0 unspecified atom stereocenters. The lowest BCUT2D eigenvalue weighted by molar-refractivity contribution is 0.0944. The van der Waals surface area contributed by atoms with Crippen molar-refractivity contribution in [3.8, 4) is 5.82 Å². The Hall–Kier alpha value is -3.60. The first kappa shape index (κ1) is 17.2. The van der Waals surface area contributed by atoms with Crippen molar-refractivity contribution in [3.63, 3.8) is 0 Å². The van der Waals surface area contributed by atoms with Crippen molar-refractivity contribution in [2.45, 2.75) is 13.5 Å². The number of nitrogens with two attached hydrogens (primary N) is 1. The van der Waals surface area contributed by atoms with E-state index in [-0.39, 0.29) is 23.9 Å². The number of carbonyl (C=O) groups is 1. The highest BCUT2D eigenvalue weighted by Gasteiger charge is 2.23. The van der Waals surface area contributed by atoms with E-state index in [1.807, 2.05) is 30.3 Å². The number of nitrogen functional groups attached to an aromatic ring is 1. The lowest BCUT2D eigenvalue weighted by atomic mass is 10.1. The maximum atomic E-state index is 12.5. The summed E-state index contributed by atoms with van der Waals surface area (Å²) in [5, 5.41) is 19.0. The minimum absolute atomic E-state index is 0.0113. The van der Waals surface area contributed by atoms with Crippen LogP contribution in [0.15, 0.2) is 40.1 Å². The third-order valence-corrected chi connectivity index (χ3v) is 3.47. The molecular formula is C15H16N8O3. The number of carbonyl (C=O) groups excluding carboxylic acids is 1. The van der Waals surface area contributed by atoms with E-state index in [2.05, 4.69) is 35.8 Å². The summed E-state index contributed by atoms with van der Waals surface area (Å²) in [5.41, 5.74) is 10.0. The van der Waals surface area contributed by atoms with Crippen molar-refractivity contribution in [2.24, 2.45) is 5.10 Å². The summed E-state index contributed by atoms with van der Waals surface area (Å²) < 4.78 is 10.9. The summed E-state index contributed by atoms with van der Waals surface area (Å²) in [4.78, 5) is 12.5. The molecule has 1 aromatic carbocycles. The second-order valence-corrected chi connectivity index (χ2v) is 5.21. The average Bonchev–Trinajstić information content (AvgIpc) is 3.26. The second kappa shape index (κ2) is 7.53. The number of benzene rings is 1. The van der Waals surface area contributed by atoms with E-state index in [0.29, 0.717) is 11.4 Å². The van der Waals surface area contributed by atoms with Gasteiger partial charge in [0.1, 0.15) is 5.69 Å². The van der Waals surface area contributed by atoms with Crippen LogP contribution in [0.4, 0.5) is 5.82 Å². The van der Waals surface area contributed by atoms with Gasteiger partial charge in [0.25, 0.3) is 5.91 Å². The van der Waals surface area contributed by atoms with Gasteiger partial charge in [0, 0.05) is 7.11 Å². The molecule has 3 N–H and O–H groups in total. The van der Waals surface area contributed by atoms with Crippen molar-refractivity contribution in [3.05, 3.63) is 47.3 Å². The number of anilines is 1. The average molecular weight is 356 g/mol. The third-order valence-electron chi connectivity index (χ3n) is 3.47. The molecule has 0 aliphatic heterocycles. The fourth-order valence-corrected chi connectivity index (χ4v) is 2.18. The van der Waals surface area contributed by atoms with Crippen LogP contribution >= 0.6 is 0 Å². The maximum absolute atomic E-state index is 12.5. The number of aromatic nitrogens is 5. The monoisotopic (exact) mass is 356 g/mol. The standard InChI is InChI=1S/C15H16N8O3/c1-9(10-6-4-3-5-7-10)17-19-15(24)12-11(8-25-2)23(22-18-12)14-13(16)20-26-21-14/h3-7H,8H2,1-2H3,(H2,16,20)(H,19,24)/b17-9-. The van der Waals surface area contributed by atoms with Crippen LogP contribution in [-0.4, -0.2) is 44.0 Å². The summed E-state index contributed by atoms with van der Waals surface area (Å²) in [6.45, 7) is 1.83. The molecule has 26 heavy (non-hydrogen) atoms. The Morgan fingerprint density at radius 2 is 2.12 bits per heavy atom. The molecule has 3 aromatic rings. The Kier molecular flexibility index (Phi) is 4.99. The van der Waals surface area contributed by atoms with Crippen molar-refractivity contribution in [1.82, 2.24) is 30.7 Å². The summed E-state index contributed by atoms with van der Waals surface area (Å²) in [7, 11) is 1.47. The zero-order valence-corrected chi connectivity index (χ0v) is 14.1. The summed E-state index contributed by atoms with van der Waals surface area (Å²) >= 11 is 0. The number of hydrazone groups is 1. The molecule has 0 spiro atoms. The van der Waals surface area contributed by atoms with Gasteiger partial charge in [-0.3, -0.25) is 4.79 Å². The fraction of sp³-hybridized carbons (Fsp3) is 0.200. The molecule has 134 valence electrons. The van der Waals surface area contributed by atoms with Gasteiger partial charge in [0.05, 0.1) is 12.3 Å². The molecule has 2 aromatic heterocycles. The highest BCUT2D eigenvalue weighted by molar-refractivity contribution is 6.00. The quantitative estimate of drug-likeness (QED) is 0.480. The minimum atomic E-state index is -0.548. The van der Waals surface area contributed by atoms with Crippen molar-refractivity contribution in [2.75, 3.05) is 12.8 Å². The first-order chi connectivity index (χ1) is 12.6. The number of amides is 1. The van der Waals surface area contributed by atoms with Crippen LogP contribution in [0.2, 0.25) is 0 Å². The van der Waals surface area contributed by atoms with Gasteiger partial charge in [-0.15, -0.1) is 5.10 Å². The fourth-order valence-electron chi connectivity index (χ4n) is 2.18. The highest BCUT2D eigenvalue weighted by atomic mass is 16.6. The van der Waals surface area contributed by atoms with E-state index in [1.165, 1.54) is 11.8 Å². The van der Waals surface area contributed by atoms with Crippen LogP contribution in [0, 0.1) is 0 Å². The van der Waals surface area contributed by atoms with Crippen molar-refractivity contribution in [1.29, 1.82) is 0 Å². The number of methoxy groups -OCH3 is 1. The van der Waals surface area contributed by atoms with Gasteiger partial charge in [-0.2, -0.15) is 9.78 Å². The number of rotatable bonds is 6. The van der Waals surface area contributed by atoms with Gasteiger partial charge in [-0.05, 0) is 22.8 Å². The second-order valence-electron chi connectivity index (χ2n) is 5.21. The van der Waals surface area contributed by atoms with Gasteiger partial charge in [0.2, 0.25) is 11.6 Å². The van der Waals surface area contributed by atoms with Gasteiger partial charge in [-0.1, -0.05) is 35.5 Å². The number of nitrogens with zero attached hydrogens (tertiary/aromatic N) is 6. The lowest BCUT2D eigenvalue weighted by Crippen LogP contribution is -2.22. The van der Waals surface area contributed by atoms with Crippen LogP contribution in [0.5, 0.6) is 0 Å². The Balaban J connectivity index is 1.86. The zero-order chi connectivity index (χ0) is 18.5. The van der Waals surface area contributed by atoms with Crippen LogP contribution in [0.1, 0.15) is 28.7 Å². The molecule has 0 fully saturated rings. The summed E-state index contributed by atoms with van der Waals surface area (Å²) in [6.07, 6.45) is 0. The molecule has 0 saturated carbocycles. The van der Waals surface area contributed by atoms with Crippen LogP contribution in [0.3, 0.4) is 0 Å². The van der Waals surface area contributed by atoms with Crippen molar-refractivity contribution < 1.29 is 14.2 Å². The predicted molar refractivity (Wildman–Crippen MR) is 90.5 cm³/mol. The van der Waals surface area contributed by atoms with E-state index in [0.717, 1.165) is 5.56 Å². The van der Waals surface area contributed by atoms with Crippen LogP contribution in [0.25, 0.3) is 5.82 Å². The number of nitrogens with one attached hydrogen (secondary N) is 1. The normalized spacial score (nSPS) is 11.5. The van der Waals surface area contributed by atoms with Crippen molar-refractivity contribution >= 4 is 17.4 Å². The lowest BCUT2D eigenvalue weighted by Gasteiger charge is -2.05. The number of hydrogen-bond donors (Lipinski definition) is 2. The van der Waals surface area contributed by atoms with Crippen LogP contribution in [-0.2, 0) is 11.3 Å². The van der Waals surface area contributed by atoms with Gasteiger partial charge >= 0.3 is 0 Å². The molecular weight excluding hydrogens is 340 g/mol. The Labute approximate surface area is 147 Å². The Morgan fingerprint density at radius 1 is 1.35 bits per heavy atom. The van der Waals surface area contributed by atoms with Gasteiger partial charge in [0.15, 0.2) is 5.69 Å². The molecule has 2 heterocycles. The first-order valence-corrected chi connectivity index (χ1v) is 7.53. The molecule has 0 aliphatic carbocycles. The SMILES string of the molecule is COCc1c(C(=O)N/N=C(/C)c2ccccc2)nnn1-c1nonc1N. The summed E-state index contributed by atoms with van der Waals surface area (Å²) in [6, 6.07) is 9.44. The topological polar surface area (TPSA) is 146 Å². The molecule has 0 aliphatic rings. The maximum Gasteiger partial charge on any atom is 0.293 e. The first-order valence-electron chi connectivity index (χ1n) is 7.53.